The van der Waals surface area contributed by atoms with Crippen LogP contribution in [0.5, 0.6) is 0 Å². The maximum Gasteiger partial charge on any atom is 0.254 e. The van der Waals surface area contributed by atoms with Crippen molar-refractivity contribution in [2.24, 2.45) is 0 Å². The highest BCUT2D eigenvalue weighted by Crippen LogP contribution is 2.51. The molecule has 3 aliphatic carbocycles. The van der Waals surface area contributed by atoms with Crippen LogP contribution in [-0.4, -0.2) is 34.3 Å². The van der Waals surface area contributed by atoms with Gasteiger partial charge in [0.15, 0.2) is 0 Å². The zero-order chi connectivity index (χ0) is 19.1. The monoisotopic (exact) mass is 380 g/mol. The van der Waals surface area contributed by atoms with Gasteiger partial charge in [-0.3, -0.25) is 9.59 Å². The van der Waals surface area contributed by atoms with Gasteiger partial charge in [-0.15, -0.1) is 0 Å². The summed E-state index contributed by atoms with van der Waals surface area (Å²) in [4.78, 5) is 29.6. The molecule has 28 heavy (non-hydrogen) atoms. The Morgan fingerprint density at radius 2 is 1.61 bits per heavy atom. The van der Waals surface area contributed by atoms with E-state index in [0.717, 1.165) is 62.5 Å². The topological polar surface area (TPSA) is 49.4 Å². The van der Waals surface area contributed by atoms with Gasteiger partial charge in [-0.1, -0.05) is 56.7 Å². The minimum absolute atomic E-state index is 0.158. The van der Waals surface area contributed by atoms with Crippen molar-refractivity contribution < 1.29 is 9.59 Å². The van der Waals surface area contributed by atoms with Crippen LogP contribution in [0.2, 0.25) is 0 Å². The molecule has 150 valence electrons. The van der Waals surface area contributed by atoms with Crippen molar-refractivity contribution in [3.63, 3.8) is 0 Å². The number of hydrogen-bond donors (Lipinski definition) is 1. The number of carbonyl (C=O) groups excluding carboxylic acids is 2. The van der Waals surface area contributed by atoms with Crippen molar-refractivity contribution in [1.29, 1.82) is 0 Å². The Morgan fingerprint density at radius 3 is 2.32 bits per heavy atom. The second-order valence-corrected chi connectivity index (χ2v) is 9.43. The summed E-state index contributed by atoms with van der Waals surface area (Å²) in [6.45, 7) is 0. The molecule has 1 spiro atoms. The van der Waals surface area contributed by atoms with Crippen LogP contribution in [0.4, 0.5) is 0 Å². The van der Waals surface area contributed by atoms with Crippen molar-refractivity contribution >= 4 is 11.8 Å². The van der Waals surface area contributed by atoms with E-state index in [9.17, 15) is 9.59 Å². The van der Waals surface area contributed by atoms with Crippen molar-refractivity contribution in [2.45, 2.75) is 101 Å². The zero-order valence-electron chi connectivity index (χ0n) is 16.8. The molecule has 4 aliphatic rings. The molecule has 0 aromatic heterocycles. The summed E-state index contributed by atoms with van der Waals surface area (Å²) >= 11 is 0. The summed E-state index contributed by atoms with van der Waals surface area (Å²) in [6, 6.07) is 8.57. The van der Waals surface area contributed by atoms with Gasteiger partial charge >= 0.3 is 0 Å². The fraction of sp³-hybridized carbons (Fsp3) is 0.667. The quantitative estimate of drug-likeness (QED) is 0.837. The molecule has 4 nitrogen and oxygen atoms in total. The molecule has 1 aliphatic heterocycles. The molecule has 1 heterocycles. The predicted octanol–water partition coefficient (Wildman–Crippen LogP) is 4.54. The molecule has 4 heteroatoms. The van der Waals surface area contributed by atoms with Crippen LogP contribution < -0.4 is 5.32 Å². The minimum Gasteiger partial charge on any atom is -0.353 e. The second kappa shape index (κ2) is 7.20. The maximum atomic E-state index is 13.8. The first-order valence-corrected chi connectivity index (χ1v) is 11.4. The minimum atomic E-state index is -0.329. The van der Waals surface area contributed by atoms with Gasteiger partial charge in [0.1, 0.15) is 0 Å². The number of hydrogen-bond acceptors (Lipinski definition) is 2. The zero-order valence-corrected chi connectivity index (χ0v) is 16.8. The lowest BCUT2D eigenvalue weighted by Gasteiger charge is -2.57. The summed E-state index contributed by atoms with van der Waals surface area (Å²) in [6.07, 6.45) is 13.4. The summed E-state index contributed by atoms with van der Waals surface area (Å²) in [7, 11) is 0. The van der Waals surface area contributed by atoms with E-state index < -0.39 is 0 Å². The van der Waals surface area contributed by atoms with Gasteiger partial charge in [-0.05, 0) is 50.2 Å². The van der Waals surface area contributed by atoms with Gasteiger partial charge in [0, 0.05) is 17.6 Å². The third kappa shape index (κ3) is 2.96. The van der Waals surface area contributed by atoms with Crippen molar-refractivity contribution in [3.8, 4) is 0 Å². The Hall–Kier alpha value is -1.84. The van der Waals surface area contributed by atoms with Crippen LogP contribution in [-0.2, 0) is 4.79 Å². The first kappa shape index (κ1) is 18.2. The number of benzene rings is 1. The standard InChI is InChI=1S/C24H32N2O2/c27-22(25-17-13-14-17)21-19-11-5-6-12-20(19)23(28)26(18-9-3-1-4-10-18)24(21)15-7-2-8-16-24/h5-6,11-12,17-18,21H,1-4,7-10,13-16H2,(H,25,27)/t21-/m1/s1. The number of carbonyl (C=O) groups is 2. The molecule has 2 amide bonds. The first-order chi connectivity index (χ1) is 13.7. The van der Waals surface area contributed by atoms with Gasteiger partial charge < -0.3 is 10.2 Å². The lowest BCUT2D eigenvalue weighted by atomic mass is 9.64. The molecular weight excluding hydrogens is 348 g/mol. The average Bonchev–Trinajstić information content (AvgIpc) is 3.53. The molecule has 0 saturated heterocycles. The number of fused-ring (bicyclic) bond motifs is 1. The third-order valence-corrected chi connectivity index (χ3v) is 7.58. The van der Waals surface area contributed by atoms with E-state index in [1.165, 1.54) is 25.7 Å². The van der Waals surface area contributed by atoms with Crippen molar-refractivity contribution in [1.82, 2.24) is 10.2 Å². The Balaban J connectivity index is 1.63. The van der Waals surface area contributed by atoms with E-state index >= 15 is 0 Å². The van der Waals surface area contributed by atoms with E-state index in [-0.39, 0.29) is 23.3 Å². The van der Waals surface area contributed by atoms with Crippen molar-refractivity contribution in [2.75, 3.05) is 0 Å². The molecule has 1 N–H and O–H groups in total. The normalized spacial score (nSPS) is 27.5. The van der Waals surface area contributed by atoms with E-state index in [1.54, 1.807) is 0 Å². The van der Waals surface area contributed by atoms with Gasteiger partial charge in [0.2, 0.25) is 5.91 Å². The fourth-order valence-electron chi connectivity index (χ4n) is 6.16. The SMILES string of the molecule is O=C(NC1CC1)[C@H]1c2ccccc2C(=O)N(C2CCCCC2)C12CCCCC2. The average molecular weight is 381 g/mol. The van der Waals surface area contributed by atoms with Gasteiger partial charge in [-0.2, -0.15) is 0 Å². The molecule has 3 fully saturated rings. The van der Waals surface area contributed by atoms with Crippen LogP contribution >= 0.6 is 0 Å². The highest BCUT2D eigenvalue weighted by Gasteiger charge is 2.56. The molecule has 3 saturated carbocycles. The smallest absolute Gasteiger partial charge is 0.254 e. The molecule has 0 unspecified atom stereocenters. The molecular formula is C24H32N2O2. The number of nitrogens with one attached hydrogen (secondary N) is 1. The Kier molecular flexibility index (Phi) is 4.68. The summed E-state index contributed by atoms with van der Waals surface area (Å²) in [5, 5.41) is 3.30. The molecule has 0 radical (unpaired) electrons. The van der Waals surface area contributed by atoms with E-state index in [4.69, 9.17) is 0 Å². The summed E-state index contributed by atoms with van der Waals surface area (Å²) in [5.41, 5.74) is 1.41. The molecule has 1 aromatic rings. The third-order valence-electron chi connectivity index (χ3n) is 7.58. The van der Waals surface area contributed by atoms with E-state index in [0.29, 0.717) is 12.1 Å². The largest absolute Gasteiger partial charge is 0.353 e. The van der Waals surface area contributed by atoms with Gasteiger partial charge in [0.05, 0.1) is 11.5 Å². The Morgan fingerprint density at radius 1 is 0.929 bits per heavy atom. The summed E-state index contributed by atoms with van der Waals surface area (Å²) < 4.78 is 0. The fourth-order valence-corrected chi connectivity index (χ4v) is 6.16. The maximum absolute atomic E-state index is 13.8. The van der Waals surface area contributed by atoms with E-state index in [1.807, 2.05) is 24.3 Å². The highest BCUT2D eigenvalue weighted by molar-refractivity contribution is 6.02. The van der Waals surface area contributed by atoms with Crippen LogP contribution in [0.25, 0.3) is 0 Å². The van der Waals surface area contributed by atoms with E-state index in [2.05, 4.69) is 10.2 Å². The lowest BCUT2D eigenvalue weighted by molar-refractivity contribution is -0.128. The highest BCUT2D eigenvalue weighted by atomic mass is 16.2. The van der Waals surface area contributed by atoms with Gasteiger partial charge in [0.25, 0.3) is 5.91 Å². The first-order valence-electron chi connectivity index (χ1n) is 11.4. The van der Waals surface area contributed by atoms with Gasteiger partial charge in [-0.25, -0.2) is 0 Å². The van der Waals surface area contributed by atoms with Crippen LogP contribution in [0.3, 0.4) is 0 Å². The number of rotatable bonds is 3. The molecule has 5 rings (SSSR count). The Labute approximate surface area is 168 Å². The van der Waals surface area contributed by atoms with Crippen LogP contribution in [0, 0.1) is 0 Å². The predicted molar refractivity (Wildman–Crippen MR) is 109 cm³/mol. The summed E-state index contributed by atoms with van der Waals surface area (Å²) in [5.74, 6) is 0.120. The lowest BCUT2D eigenvalue weighted by Crippen LogP contribution is -2.65. The second-order valence-electron chi connectivity index (χ2n) is 9.43. The molecule has 1 aromatic carbocycles. The Bertz CT molecular complexity index is 758. The number of nitrogens with zero attached hydrogens (tertiary/aromatic N) is 1. The van der Waals surface area contributed by atoms with Crippen LogP contribution in [0.1, 0.15) is 98.9 Å². The van der Waals surface area contributed by atoms with Crippen molar-refractivity contribution in [3.05, 3.63) is 35.4 Å². The number of amides is 2. The molecule has 0 bridgehead atoms. The molecule has 1 atom stereocenters. The van der Waals surface area contributed by atoms with Crippen LogP contribution in [0.15, 0.2) is 24.3 Å².